The fourth-order valence-electron chi connectivity index (χ4n) is 1.99. The molecule has 1 aromatic heterocycles. The van der Waals surface area contributed by atoms with Crippen LogP contribution in [0, 0.1) is 0 Å². The predicted octanol–water partition coefficient (Wildman–Crippen LogP) is 2.88. The number of thiophene rings is 1. The van der Waals surface area contributed by atoms with Crippen molar-refractivity contribution in [1.29, 1.82) is 0 Å². The van der Waals surface area contributed by atoms with Crippen LogP contribution in [-0.2, 0) is 12.8 Å². The zero-order chi connectivity index (χ0) is 15.1. The minimum Gasteiger partial charge on any atom is -0.508 e. The van der Waals surface area contributed by atoms with Crippen LogP contribution in [0.15, 0.2) is 41.8 Å². The van der Waals surface area contributed by atoms with Crippen molar-refractivity contribution < 1.29 is 9.90 Å². The normalized spacial score (nSPS) is 10.3. The van der Waals surface area contributed by atoms with Gasteiger partial charge in [0, 0.05) is 25.0 Å². The predicted molar refractivity (Wildman–Crippen MR) is 85.9 cm³/mol. The summed E-state index contributed by atoms with van der Waals surface area (Å²) in [6, 6.07) is 11.1. The first-order valence-electron chi connectivity index (χ1n) is 6.94. The van der Waals surface area contributed by atoms with Crippen molar-refractivity contribution in [2.45, 2.75) is 12.8 Å². The Morgan fingerprint density at radius 3 is 2.86 bits per heavy atom. The van der Waals surface area contributed by atoms with E-state index in [0.29, 0.717) is 19.5 Å². The van der Waals surface area contributed by atoms with E-state index in [4.69, 9.17) is 0 Å². The average molecular weight is 304 g/mol. The van der Waals surface area contributed by atoms with Gasteiger partial charge in [-0.1, -0.05) is 18.2 Å². The Kier molecular flexibility index (Phi) is 5.63. The van der Waals surface area contributed by atoms with Crippen molar-refractivity contribution in [3.63, 3.8) is 0 Å². The maximum Gasteiger partial charge on any atom is 0.317 e. The number of urea groups is 1. The molecule has 0 radical (unpaired) electrons. The first-order chi connectivity index (χ1) is 10.1. The molecule has 0 unspecified atom stereocenters. The highest BCUT2D eigenvalue weighted by molar-refractivity contribution is 7.09. The van der Waals surface area contributed by atoms with Crippen LogP contribution in [-0.4, -0.2) is 36.2 Å². The van der Waals surface area contributed by atoms with Gasteiger partial charge in [-0.15, -0.1) is 11.3 Å². The highest BCUT2D eigenvalue weighted by Gasteiger charge is 2.08. The molecule has 2 aromatic rings. The second-order valence-electron chi connectivity index (χ2n) is 4.90. The molecule has 2 rings (SSSR count). The molecule has 0 bridgehead atoms. The Hall–Kier alpha value is -2.01. The number of aromatic hydroxyl groups is 1. The van der Waals surface area contributed by atoms with Gasteiger partial charge in [0.2, 0.25) is 0 Å². The van der Waals surface area contributed by atoms with Gasteiger partial charge in [-0.3, -0.25) is 0 Å². The summed E-state index contributed by atoms with van der Waals surface area (Å²) in [5.74, 6) is 0.256. The molecule has 2 amide bonds. The third-order valence-electron chi connectivity index (χ3n) is 3.22. The second kappa shape index (κ2) is 7.69. The molecule has 1 aromatic carbocycles. The molecule has 0 aliphatic rings. The van der Waals surface area contributed by atoms with E-state index in [1.54, 1.807) is 41.5 Å². The molecule has 2 N–H and O–H groups in total. The first-order valence-corrected chi connectivity index (χ1v) is 7.82. The quantitative estimate of drug-likeness (QED) is 0.862. The molecule has 0 fully saturated rings. The number of carbonyl (C=O) groups is 1. The third-order valence-corrected chi connectivity index (χ3v) is 4.16. The molecule has 4 nitrogen and oxygen atoms in total. The summed E-state index contributed by atoms with van der Waals surface area (Å²) in [5.41, 5.74) is 1.01. The molecular weight excluding hydrogens is 284 g/mol. The molecule has 0 saturated heterocycles. The number of carbonyl (C=O) groups excluding carboxylic acids is 1. The van der Waals surface area contributed by atoms with E-state index in [9.17, 15) is 9.90 Å². The zero-order valence-corrected chi connectivity index (χ0v) is 12.9. The molecule has 0 aliphatic heterocycles. The van der Waals surface area contributed by atoms with E-state index < -0.39 is 0 Å². The summed E-state index contributed by atoms with van der Waals surface area (Å²) in [6.45, 7) is 1.27. The van der Waals surface area contributed by atoms with Gasteiger partial charge in [0.1, 0.15) is 5.75 Å². The van der Waals surface area contributed by atoms with Crippen LogP contribution < -0.4 is 5.32 Å². The van der Waals surface area contributed by atoms with Gasteiger partial charge in [-0.2, -0.15) is 0 Å². The van der Waals surface area contributed by atoms with E-state index >= 15 is 0 Å². The third kappa shape index (κ3) is 5.11. The number of hydrogen-bond donors (Lipinski definition) is 2. The minimum absolute atomic E-state index is 0.0632. The van der Waals surface area contributed by atoms with Crippen LogP contribution in [0.5, 0.6) is 5.75 Å². The van der Waals surface area contributed by atoms with Crippen LogP contribution in [0.4, 0.5) is 4.79 Å². The lowest BCUT2D eigenvalue weighted by Crippen LogP contribution is -2.39. The molecule has 1 heterocycles. The highest BCUT2D eigenvalue weighted by Crippen LogP contribution is 2.11. The summed E-state index contributed by atoms with van der Waals surface area (Å²) in [7, 11) is 1.80. The van der Waals surface area contributed by atoms with Crippen molar-refractivity contribution in [1.82, 2.24) is 10.2 Å². The van der Waals surface area contributed by atoms with E-state index in [2.05, 4.69) is 11.4 Å². The molecule has 0 saturated carbocycles. The Morgan fingerprint density at radius 1 is 1.29 bits per heavy atom. The number of rotatable bonds is 6. The number of hydrogen-bond acceptors (Lipinski definition) is 3. The summed E-state index contributed by atoms with van der Waals surface area (Å²) < 4.78 is 0. The molecule has 0 atom stereocenters. The summed E-state index contributed by atoms with van der Waals surface area (Å²) in [6.07, 6.45) is 1.59. The summed E-state index contributed by atoms with van der Waals surface area (Å²) >= 11 is 1.71. The topological polar surface area (TPSA) is 52.6 Å². The van der Waals surface area contributed by atoms with Crippen LogP contribution in [0.3, 0.4) is 0 Å². The number of phenolic OH excluding ortho intramolecular Hbond substituents is 1. The smallest absolute Gasteiger partial charge is 0.317 e. The van der Waals surface area contributed by atoms with Gasteiger partial charge >= 0.3 is 6.03 Å². The Bertz CT molecular complexity index is 569. The van der Waals surface area contributed by atoms with E-state index in [1.807, 2.05) is 17.5 Å². The van der Waals surface area contributed by atoms with Crippen LogP contribution in [0.25, 0.3) is 0 Å². The summed E-state index contributed by atoms with van der Waals surface area (Å²) in [5, 5.41) is 14.3. The van der Waals surface area contributed by atoms with Crippen molar-refractivity contribution in [3.8, 4) is 5.75 Å². The van der Waals surface area contributed by atoms with Crippen molar-refractivity contribution in [2.24, 2.45) is 0 Å². The maximum absolute atomic E-state index is 11.9. The molecule has 0 aliphatic carbocycles. The van der Waals surface area contributed by atoms with E-state index in [1.165, 1.54) is 4.88 Å². The van der Waals surface area contributed by atoms with Gasteiger partial charge < -0.3 is 15.3 Å². The van der Waals surface area contributed by atoms with Crippen LogP contribution in [0.2, 0.25) is 0 Å². The Morgan fingerprint density at radius 2 is 2.14 bits per heavy atom. The number of benzene rings is 1. The van der Waals surface area contributed by atoms with E-state index in [-0.39, 0.29) is 11.8 Å². The number of phenols is 1. The molecular formula is C16H20N2O2S. The van der Waals surface area contributed by atoms with Crippen LogP contribution in [0.1, 0.15) is 10.4 Å². The SMILES string of the molecule is CN(CCc1cccs1)C(=O)NCCc1cccc(O)c1. The average Bonchev–Trinajstić information content (AvgIpc) is 2.98. The van der Waals surface area contributed by atoms with Gasteiger partial charge in [0.15, 0.2) is 0 Å². The Labute approximate surface area is 129 Å². The van der Waals surface area contributed by atoms with Gasteiger partial charge in [0.05, 0.1) is 0 Å². The fraction of sp³-hybridized carbons (Fsp3) is 0.312. The molecule has 21 heavy (non-hydrogen) atoms. The van der Waals surface area contributed by atoms with Gasteiger partial charge in [0.25, 0.3) is 0 Å². The zero-order valence-electron chi connectivity index (χ0n) is 12.1. The van der Waals surface area contributed by atoms with E-state index in [0.717, 1.165) is 12.0 Å². The van der Waals surface area contributed by atoms with Gasteiger partial charge in [-0.25, -0.2) is 4.79 Å². The van der Waals surface area contributed by atoms with Crippen molar-refractivity contribution in [3.05, 3.63) is 52.2 Å². The maximum atomic E-state index is 11.9. The van der Waals surface area contributed by atoms with Crippen LogP contribution >= 0.6 is 11.3 Å². The van der Waals surface area contributed by atoms with Gasteiger partial charge in [-0.05, 0) is 42.0 Å². The fourth-order valence-corrected chi connectivity index (χ4v) is 2.69. The standard InChI is InChI=1S/C16H20N2O2S/c1-18(10-8-15-6-3-11-21-15)16(20)17-9-7-13-4-2-5-14(19)12-13/h2-6,11-12,19H,7-10H2,1H3,(H,17,20). The first kappa shape index (κ1) is 15.4. The lowest BCUT2D eigenvalue weighted by atomic mass is 10.1. The largest absolute Gasteiger partial charge is 0.508 e. The number of nitrogens with one attached hydrogen (secondary N) is 1. The lowest BCUT2D eigenvalue weighted by Gasteiger charge is -2.17. The number of likely N-dealkylation sites (N-methyl/N-ethyl adjacent to an activating group) is 1. The minimum atomic E-state index is -0.0632. The highest BCUT2D eigenvalue weighted by atomic mass is 32.1. The van der Waals surface area contributed by atoms with Crippen molar-refractivity contribution >= 4 is 17.4 Å². The summed E-state index contributed by atoms with van der Waals surface area (Å²) in [4.78, 5) is 14.9. The number of amides is 2. The molecule has 112 valence electrons. The Balaban J connectivity index is 1.68. The monoisotopic (exact) mass is 304 g/mol. The molecule has 5 heteroatoms. The van der Waals surface area contributed by atoms with Crippen molar-refractivity contribution in [2.75, 3.05) is 20.1 Å². The second-order valence-corrected chi connectivity index (χ2v) is 5.93. The lowest BCUT2D eigenvalue weighted by molar-refractivity contribution is 0.209. The number of nitrogens with zero attached hydrogens (tertiary/aromatic N) is 1. The molecule has 0 spiro atoms.